The number of rotatable bonds is 4. The van der Waals surface area contributed by atoms with E-state index in [0.717, 1.165) is 29.1 Å². The Morgan fingerprint density at radius 3 is 2.84 bits per heavy atom. The number of amides is 1. The van der Waals surface area contributed by atoms with E-state index in [9.17, 15) is 4.79 Å². The van der Waals surface area contributed by atoms with Gasteiger partial charge in [-0.3, -0.25) is 4.79 Å². The Kier molecular flexibility index (Phi) is 6.45. The van der Waals surface area contributed by atoms with Gasteiger partial charge in [-0.2, -0.15) is 0 Å². The van der Waals surface area contributed by atoms with E-state index in [0.29, 0.717) is 25.3 Å². The van der Waals surface area contributed by atoms with E-state index in [-0.39, 0.29) is 24.4 Å². The zero-order valence-electron chi connectivity index (χ0n) is 14.7. The van der Waals surface area contributed by atoms with Crippen molar-refractivity contribution in [3.05, 3.63) is 46.8 Å². The second-order valence-corrected chi connectivity index (χ2v) is 6.03. The van der Waals surface area contributed by atoms with Crippen LogP contribution in [0.5, 0.6) is 5.75 Å². The Morgan fingerprint density at radius 2 is 2.16 bits per heavy atom. The predicted octanol–water partition coefficient (Wildman–Crippen LogP) is 2.44. The third-order valence-corrected chi connectivity index (χ3v) is 4.57. The summed E-state index contributed by atoms with van der Waals surface area (Å²) in [5.41, 5.74) is 2.70. The Hall–Kier alpha value is -2.05. The number of halogens is 1. The first-order valence-corrected chi connectivity index (χ1v) is 8.16. The van der Waals surface area contributed by atoms with Crippen LogP contribution in [0.15, 0.2) is 28.8 Å². The summed E-state index contributed by atoms with van der Waals surface area (Å²) < 4.78 is 10.7. The summed E-state index contributed by atoms with van der Waals surface area (Å²) in [5.74, 6) is 1.60. The lowest BCUT2D eigenvalue weighted by molar-refractivity contribution is -0.133. The van der Waals surface area contributed by atoms with Gasteiger partial charge in [-0.05, 0) is 19.9 Å². The van der Waals surface area contributed by atoms with E-state index in [1.54, 1.807) is 7.11 Å². The van der Waals surface area contributed by atoms with Crippen LogP contribution in [0.1, 0.15) is 28.6 Å². The summed E-state index contributed by atoms with van der Waals surface area (Å²) in [6, 6.07) is 7.83. The number of para-hydroxylation sites is 1. The summed E-state index contributed by atoms with van der Waals surface area (Å²) >= 11 is 0. The molecular formula is C18H24ClN3O3. The van der Waals surface area contributed by atoms with Gasteiger partial charge in [-0.15, -0.1) is 12.4 Å². The van der Waals surface area contributed by atoms with Gasteiger partial charge >= 0.3 is 0 Å². The van der Waals surface area contributed by atoms with Crippen LogP contribution >= 0.6 is 12.4 Å². The van der Waals surface area contributed by atoms with E-state index in [1.165, 1.54) is 0 Å². The minimum atomic E-state index is -0.0390. The second kappa shape index (κ2) is 8.36. The smallest absolute Gasteiger partial charge is 0.227 e. The van der Waals surface area contributed by atoms with Gasteiger partial charge in [-0.1, -0.05) is 23.4 Å². The average Bonchev–Trinajstić information content (AvgIpc) is 2.93. The molecule has 1 aliphatic rings. The number of aryl methyl sites for hydroxylation is 2. The lowest BCUT2D eigenvalue weighted by atomic mass is 10.0. The first kappa shape index (κ1) is 19.3. The number of hydrogen-bond donors (Lipinski definition) is 1. The molecule has 2 aromatic rings. The molecule has 6 nitrogen and oxygen atoms in total. The highest BCUT2D eigenvalue weighted by Gasteiger charge is 2.30. The molecule has 0 spiro atoms. The monoisotopic (exact) mass is 365 g/mol. The molecule has 1 unspecified atom stereocenters. The van der Waals surface area contributed by atoms with E-state index < -0.39 is 0 Å². The number of ether oxygens (including phenoxy) is 1. The molecule has 1 fully saturated rings. The number of nitrogens with zero attached hydrogens (tertiary/aromatic N) is 2. The minimum Gasteiger partial charge on any atom is -0.496 e. The number of hydrogen-bond acceptors (Lipinski definition) is 5. The summed E-state index contributed by atoms with van der Waals surface area (Å²) in [4.78, 5) is 14.9. The number of aromatic nitrogens is 1. The Balaban J connectivity index is 0.00000225. The maximum absolute atomic E-state index is 12.9. The second-order valence-electron chi connectivity index (χ2n) is 6.03. The van der Waals surface area contributed by atoms with Crippen molar-refractivity contribution in [1.29, 1.82) is 0 Å². The molecule has 0 saturated carbocycles. The number of carbonyl (C=O) groups is 1. The molecule has 1 aromatic carbocycles. The molecule has 1 aromatic heterocycles. The lowest BCUT2D eigenvalue weighted by Crippen LogP contribution is -2.49. The first-order valence-electron chi connectivity index (χ1n) is 8.16. The fourth-order valence-corrected chi connectivity index (χ4v) is 3.23. The quantitative estimate of drug-likeness (QED) is 0.901. The van der Waals surface area contributed by atoms with Gasteiger partial charge in [0.25, 0.3) is 0 Å². The fourth-order valence-electron chi connectivity index (χ4n) is 3.23. The molecule has 2 heterocycles. The molecule has 0 radical (unpaired) electrons. The maximum Gasteiger partial charge on any atom is 0.227 e. The summed E-state index contributed by atoms with van der Waals surface area (Å²) in [5, 5.41) is 7.31. The third-order valence-electron chi connectivity index (χ3n) is 4.57. The zero-order valence-corrected chi connectivity index (χ0v) is 15.6. The van der Waals surface area contributed by atoms with Crippen molar-refractivity contribution >= 4 is 18.3 Å². The normalized spacial score (nSPS) is 17.1. The number of methoxy groups -OCH3 is 1. The highest BCUT2D eigenvalue weighted by Crippen LogP contribution is 2.30. The maximum atomic E-state index is 12.9. The summed E-state index contributed by atoms with van der Waals surface area (Å²) in [6.45, 7) is 5.89. The van der Waals surface area contributed by atoms with Gasteiger partial charge in [0.1, 0.15) is 11.5 Å². The van der Waals surface area contributed by atoms with Gasteiger partial charge in [0.15, 0.2) is 0 Å². The van der Waals surface area contributed by atoms with Gasteiger partial charge in [0, 0.05) is 30.8 Å². The topological polar surface area (TPSA) is 67.6 Å². The molecule has 1 amide bonds. The molecule has 0 aliphatic carbocycles. The SMILES string of the molecule is COc1ccccc1C1CNCCN1C(=O)Cc1c(C)noc1C.Cl. The summed E-state index contributed by atoms with van der Waals surface area (Å²) in [7, 11) is 1.66. The van der Waals surface area contributed by atoms with Gasteiger partial charge < -0.3 is 19.5 Å². The molecule has 1 N–H and O–H groups in total. The van der Waals surface area contributed by atoms with Crippen molar-refractivity contribution < 1.29 is 14.1 Å². The van der Waals surface area contributed by atoms with Crippen LogP contribution in [0.4, 0.5) is 0 Å². The lowest BCUT2D eigenvalue weighted by Gasteiger charge is -2.37. The number of nitrogens with one attached hydrogen (secondary N) is 1. The molecule has 1 aliphatic heterocycles. The minimum absolute atomic E-state index is 0. The van der Waals surface area contributed by atoms with Gasteiger partial charge in [0.2, 0.25) is 5.91 Å². The highest BCUT2D eigenvalue weighted by molar-refractivity contribution is 5.85. The molecule has 0 bridgehead atoms. The van der Waals surface area contributed by atoms with Gasteiger partial charge in [-0.25, -0.2) is 0 Å². The molecule has 1 saturated heterocycles. The highest BCUT2D eigenvalue weighted by atomic mass is 35.5. The summed E-state index contributed by atoms with van der Waals surface area (Å²) in [6.07, 6.45) is 0.312. The molecule has 7 heteroatoms. The standard InChI is InChI=1S/C18H23N3O3.ClH/c1-12-15(13(2)24-20-12)10-18(22)21-9-8-19-11-16(21)14-6-4-5-7-17(14)23-3;/h4-7,16,19H,8-11H2,1-3H3;1H. The van der Waals surface area contributed by atoms with E-state index >= 15 is 0 Å². The van der Waals surface area contributed by atoms with Crippen molar-refractivity contribution in [1.82, 2.24) is 15.4 Å². The Bertz CT molecular complexity index is 713. The predicted molar refractivity (Wildman–Crippen MR) is 97.2 cm³/mol. The Morgan fingerprint density at radius 1 is 1.40 bits per heavy atom. The van der Waals surface area contributed by atoms with E-state index in [4.69, 9.17) is 9.26 Å². The first-order chi connectivity index (χ1) is 11.6. The van der Waals surface area contributed by atoms with Crippen LogP contribution in [0.3, 0.4) is 0 Å². The zero-order chi connectivity index (χ0) is 17.1. The van der Waals surface area contributed by atoms with Crippen LogP contribution in [-0.4, -0.2) is 42.7 Å². The number of carbonyl (C=O) groups excluding carboxylic acids is 1. The third kappa shape index (κ3) is 3.96. The van der Waals surface area contributed by atoms with Crippen LogP contribution < -0.4 is 10.1 Å². The fraction of sp³-hybridized carbons (Fsp3) is 0.444. The molecular weight excluding hydrogens is 342 g/mol. The van der Waals surface area contributed by atoms with Crippen molar-refractivity contribution in [2.75, 3.05) is 26.7 Å². The van der Waals surface area contributed by atoms with Crippen molar-refractivity contribution in [3.8, 4) is 5.75 Å². The van der Waals surface area contributed by atoms with Crippen LogP contribution in [-0.2, 0) is 11.2 Å². The van der Waals surface area contributed by atoms with Crippen LogP contribution in [0.2, 0.25) is 0 Å². The number of piperazine rings is 1. The molecule has 25 heavy (non-hydrogen) atoms. The largest absolute Gasteiger partial charge is 0.496 e. The van der Waals surface area contributed by atoms with Crippen LogP contribution in [0.25, 0.3) is 0 Å². The van der Waals surface area contributed by atoms with E-state index in [1.807, 2.05) is 43.0 Å². The van der Waals surface area contributed by atoms with Crippen LogP contribution in [0, 0.1) is 13.8 Å². The molecule has 1 atom stereocenters. The van der Waals surface area contributed by atoms with Crippen molar-refractivity contribution in [2.45, 2.75) is 26.3 Å². The Labute approximate surface area is 153 Å². The molecule has 136 valence electrons. The van der Waals surface area contributed by atoms with Crippen molar-refractivity contribution in [3.63, 3.8) is 0 Å². The number of benzene rings is 1. The molecule has 3 rings (SSSR count). The average molecular weight is 366 g/mol. The van der Waals surface area contributed by atoms with Crippen molar-refractivity contribution in [2.24, 2.45) is 0 Å². The van der Waals surface area contributed by atoms with Gasteiger partial charge in [0.05, 0.1) is 25.3 Å². The van der Waals surface area contributed by atoms with E-state index in [2.05, 4.69) is 10.5 Å².